The monoisotopic (exact) mass is 230 g/mol. The van der Waals surface area contributed by atoms with Crippen molar-refractivity contribution < 1.29 is 0 Å². The minimum atomic E-state index is 0.969. The SMILES string of the molecule is Cc1nc(CN(C)CCCCS)cs1. The minimum Gasteiger partial charge on any atom is -0.301 e. The highest BCUT2D eigenvalue weighted by Gasteiger charge is 2.02. The molecule has 0 fully saturated rings. The second-order valence-corrected chi connectivity index (χ2v) is 5.04. The van der Waals surface area contributed by atoms with Crippen molar-refractivity contribution in [3.63, 3.8) is 0 Å². The lowest BCUT2D eigenvalue weighted by Crippen LogP contribution is -2.19. The number of rotatable bonds is 6. The van der Waals surface area contributed by atoms with Crippen LogP contribution >= 0.6 is 24.0 Å². The van der Waals surface area contributed by atoms with E-state index in [1.54, 1.807) is 11.3 Å². The summed E-state index contributed by atoms with van der Waals surface area (Å²) in [6.07, 6.45) is 2.42. The molecule has 0 aromatic carbocycles. The van der Waals surface area contributed by atoms with Gasteiger partial charge in [0.25, 0.3) is 0 Å². The molecule has 2 nitrogen and oxygen atoms in total. The Morgan fingerprint density at radius 3 is 2.86 bits per heavy atom. The number of aromatic nitrogens is 1. The van der Waals surface area contributed by atoms with E-state index in [0.29, 0.717) is 0 Å². The predicted molar refractivity (Wildman–Crippen MR) is 66.3 cm³/mol. The van der Waals surface area contributed by atoms with Gasteiger partial charge in [-0.25, -0.2) is 4.98 Å². The van der Waals surface area contributed by atoms with E-state index < -0.39 is 0 Å². The molecule has 0 radical (unpaired) electrons. The normalized spacial score (nSPS) is 11.1. The zero-order valence-corrected chi connectivity index (χ0v) is 10.6. The van der Waals surface area contributed by atoms with Crippen molar-refractivity contribution >= 4 is 24.0 Å². The highest BCUT2D eigenvalue weighted by atomic mass is 32.1. The molecule has 0 aliphatic rings. The summed E-state index contributed by atoms with van der Waals surface area (Å²) in [5, 5.41) is 3.30. The Morgan fingerprint density at radius 2 is 2.29 bits per heavy atom. The molecule has 4 heteroatoms. The highest BCUT2D eigenvalue weighted by Crippen LogP contribution is 2.09. The number of hydrogen-bond donors (Lipinski definition) is 1. The minimum absolute atomic E-state index is 0.969. The van der Waals surface area contributed by atoms with Gasteiger partial charge < -0.3 is 4.90 Å². The molecular weight excluding hydrogens is 212 g/mol. The van der Waals surface area contributed by atoms with E-state index in [2.05, 4.69) is 41.9 Å². The zero-order chi connectivity index (χ0) is 10.4. The van der Waals surface area contributed by atoms with Crippen molar-refractivity contribution in [3.8, 4) is 0 Å². The average molecular weight is 230 g/mol. The van der Waals surface area contributed by atoms with Gasteiger partial charge in [0.1, 0.15) is 0 Å². The molecule has 0 aliphatic carbocycles. The Kier molecular flexibility index (Phi) is 5.52. The predicted octanol–water partition coefficient (Wildman–Crippen LogP) is 2.59. The third-order valence-corrected chi connectivity index (χ3v) is 3.18. The van der Waals surface area contributed by atoms with Crippen molar-refractivity contribution in [2.24, 2.45) is 0 Å². The first-order valence-corrected chi connectivity index (χ1v) is 6.44. The quantitative estimate of drug-likeness (QED) is 0.597. The maximum Gasteiger partial charge on any atom is 0.0897 e. The number of aryl methyl sites for hydroxylation is 1. The van der Waals surface area contributed by atoms with E-state index in [0.717, 1.165) is 23.8 Å². The molecule has 80 valence electrons. The van der Waals surface area contributed by atoms with Gasteiger partial charge in [-0.2, -0.15) is 12.6 Å². The van der Waals surface area contributed by atoms with E-state index in [4.69, 9.17) is 0 Å². The molecule has 1 aromatic rings. The van der Waals surface area contributed by atoms with E-state index in [9.17, 15) is 0 Å². The molecular formula is C10H18N2S2. The summed E-state index contributed by atoms with van der Waals surface area (Å²) >= 11 is 5.92. The maximum atomic E-state index is 4.44. The largest absolute Gasteiger partial charge is 0.301 e. The molecule has 0 amide bonds. The van der Waals surface area contributed by atoms with Crippen LogP contribution in [-0.2, 0) is 6.54 Å². The second kappa shape index (κ2) is 6.43. The number of thiol groups is 1. The summed E-state index contributed by atoms with van der Waals surface area (Å²) in [4.78, 5) is 6.76. The third kappa shape index (κ3) is 4.44. The fourth-order valence-electron chi connectivity index (χ4n) is 1.33. The van der Waals surface area contributed by atoms with Gasteiger partial charge in [-0.15, -0.1) is 11.3 Å². The van der Waals surface area contributed by atoms with Crippen LogP contribution < -0.4 is 0 Å². The van der Waals surface area contributed by atoms with Crippen molar-refractivity contribution in [1.82, 2.24) is 9.88 Å². The van der Waals surface area contributed by atoms with Crippen LogP contribution in [0.25, 0.3) is 0 Å². The molecule has 0 N–H and O–H groups in total. The maximum absolute atomic E-state index is 4.44. The van der Waals surface area contributed by atoms with Crippen LogP contribution in [0.3, 0.4) is 0 Å². The molecule has 0 spiro atoms. The molecule has 1 heterocycles. The van der Waals surface area contributed by atoms with Crippen LogP contribution in [0.2, 0.25) is 0 Å². The summed E-state index contributed by atoms with van der Waals surface area (Å²) in [6, 6.07) is 0. The Hall–Kier alpha value is -0.0600. The van der Waals surface area contributed by atoms with E-state index in [1.165, 1.54) is 18.5 Å². The smallest absolute Gasteiger partial charge is 0.0897 e. The summed E-state index contributed by atoms with van der Waals surface area (Å²) in [5.74, 6) is 0.990. The van der Waals surface area contributed by atoms with Crippen LogP contribution in [-0.4, -0.2) is 29.2 Å². The van der Waals surface area contributed by atoms with Crippen molar-refractivity contribution in [3.05, 3.63) is 16.1 Å². The van der Waals surface area contributed by atoms with Crippen LogP contribution in [0.5, 0.6) is 0 Å². The Labute approximate surface area is 95.8 Å². The standard InChI is InChI=1S/C10H18N2S2/c1-9-11-10(8-14-9)7-12(2)5-3-4-6-13/h8,13H,3-7H2,1-2H3. The van der Waals surface area contributed by atoms with Crippen molar-refractivity contribution in [2.45, 2.75) is 26.3 Å². The number of hydrogen-bond acceptors (Lipinski definition) is 4. The van der Waals surface area contributed by atoms with Crippen LogP contribution in [0.4, 0.5) is 0 Å². The topological polar surface area (TPSA) is 16.1 Å². The Morgan fingerprint density at radius 1 is 1.50 bits per heavy atom. The van der Waals surface area contributed by atoms with Gasteiger partial charge in [-0.1, -0.05) is 0 Å². The lowest BCUT2D eigenvalue weighted by Gasteiger charge is -2.14. The van der Waals surface area contributed by atoms with Gasteiger partial charge in [0, 0.05) is 11.9 Å². The highest BCUT2D eigenvalue weighted by molar-refractivity contribution is 7.80. The van der Waals surface area contributed by atoms with Gasteiger partial charge >= 0.3 is 0 Å². The third-order valence-electron chi connectivity index (χ3n) is 2.05. The Bertz CT molecular complexity index is 260. The molecule has 0 aliphatic heterocycles. The first kappa shape index (κ1) is 12.0. The first-order valence-electron chi connectivity index (χ1n) is 4.93. The molecule has 0 saturated heterocycles. The van der Waals surface area contributed by atoms with Gasteiger partial charge in [-0.3, -0.25) is 0 Å². The number of unbranched alkanes of at least 4 members (excludes halogenated alkanes) is 1. The van der Waals surface area contributed by atoms with Gasteiger partial charge in [-0.05, 0) is 39.1 Å². The molecule has 14 heavy (non-hydrogen) atoms. The lowest BCUT2D eigenvalue weighted by atomic mass is 10.3. The summed E-state index contributed by atoms with van der Waals surface area (Å²) < 4.78 is 0. The first-order chi connectivity index (χ1) is 6.72. The van der Waals surface area contributed by atoms with Crippen molar-refractivity contribution in [2.75, 3.05) is 19.3 Å². The Balaban J connectivity index is 2.23. The fraction of sp³-hybridized carbons (Fsp3) is 0.700. The van der Waals surface area contributed by atoms with E-state index in [-0.39, 0.29) is 0 Å². The van der Waals surface area contributed by atoms with Gasteiger partial charge in [0.2, 0.25) is 0 Å². The zero-order valence-electron chi connectivity index (χ0n) is 8.86. The molecule has 1 aromatic heterocycles. The van der Waals surface area contributed by atoms with Crippen LogP contribution in [0, 0.1) is 6.92 Å². The van der Waals surface area contributed by atoms with Gasteiger partial charge in [0.15, 0.2) is 0 Å². The van der Waals surface area contributed by atoms with Crippen LogP contribution in [0.1, 0.15) is 23.5 Å². The molecule has 0 saturated carbocycles. The van der Waals surface area contributed by atoms with E-state index in [1.807, 2.05) is 0 Å². The van der Waals surface area contributed by atoms with Crippen molar-refractivity contribution in [1.29, 1.82) is 0 Å². The fourth-order valence-corrected chi connectivity index (χ4v) is 2.16. The van der Waals surface area contributed by atoms with Crippen LogP contribution in [0.15, 0.2) is 5.38 Å². The number of thiazole rings is 1. The molecule has 0 bridgehead atoms. The summed E-state index contributed by atoms with van der Waals surface area (Å²) in [5.41, 5.74) is 1.20. The molecule has 0 unspecified atom stereocenters. The summed E-state index contributed by atoms with van der Waals surface area (Å²) in [7, 11) is 2.15. The van der Waals surface area contributed by atoms with E-state index >= 15 is 0 Å². The molecule has 0 atom stereocenters. The second-order valence-electron chi connectivity index (χ2n) is 3.53. The van der Waals surface area contributed by atoms with Gasteiger partial charge in [0.05, 0.1) is 10.7 Å². The lowest BCUT2D eigenvalue weighted by molar-refractivity contribution is 0.318. The average Bonchev–Trinajstić information content (AvgIpc) is 2.52. The molecule has 1 rings (SSSR count). The number of nitrogens with zero attached hydrogens (tertiary/aromatic N) is 2. The summed E-state index contributed by atoms with van der Waals surface area (Å²) in [6.45, 7) is 4.16.